The molecule has 0 aliphatic rings. The molecular formula is C21H28FN5O. The van der Waals surface area contributed by atoms with Gasteiger partial charge < -0.3 is 20.4 Å². The fraction of sp³-hybridized carbons (Fsp3) is 0.333. The Morgan fingerprint density at radius 3 is 2.04 bits per heavy atom. The molecule has 0 heterocycles. The Hall–Kier alpha value is -3.09. The minimum atomic E-state index is -0.250. The number of nitrogens with one attached hydrogen (secondary N) is 2. The van der Waals surface area contributed by atoms with Crippen molar-refractivity contribution in [1.82, 2.24) is 15.5 Å². The first kappa shape index (κ1) is 21.2. The molecule has 0 saturated carbocycles. The van der Waals surface area contributed by atoms with E-state index in [1.54, 1.807) is 37.0 Å². The van der Waals surface area contributed by atoms with Gasteiger partial charge in [-0.3, -0.25) is 9.79 Å². The van der Waals surface area contributed by atoms with Crippen LogP contribution >= 0.6 is 0 Å². The molecule has 0 spiro atoms. The first-order chi connectivity index (χ1) is 13.3. The number of hydrogen-bond donors (Lipinski definition) is 2. The second-order valence-corrected chi connectivity index (χ2v) is 6.86. The number of hydrogen-bond acceptors (Lipinski definition) is 3. The van der Waals surface area contributed by atoms with E-state index in [9.17, 15) is 9.18 Å². The number of carbonyl (C=O) groups excluding carboxylic acids is 1. The number of rotatable bonds is 6. The van der Waals surface area contributed by atoms with Gasteiger partial charge >= 0.3 is 0 Å². The van der Waals surface area contributed by atoms with Crippen LogP contribution in [0.1, 0.15) is 21.5 Å². The van der Waals surface area contributed by atoms with Crippen LogP contribution < -0.4 is 15.5 Å². The molecule has 0 bridgehead atoms. The summed E-state index contributed by atoms with van der Waals surface area (Å²) in [5.74, 6) is 0.342. The Bertz CT molecular complexity index is 831. The molecule has 0 atom stereocenters. The van der Waals surface area contributed by atoms with E-state index in [1.165, 1.54) is 6.07 Å². The molecular weight excluding hydrogens is 357 g/mol. The zero-order valence-electron chi connectivity index (χ0n) is 17.1. The summed E-state index contributed by atoms with van der Waals surface area (Å²) in [5, 5.41) is 6.39. The number of aliphatic imine (C=N–C) groups is 1. The van der Waals surface area contributed by atoms with Crippen molar-refractivity contribution in [3.05, 3.63) is 65.0 Å². The molecule has 0 fully saturated rings. The Morgan fingerprint density at radius 1 is 0.964 bits per heavy atom. The van der Waals surface area contributed by atoms with Crippen molar-refractivity contribution in [2.24, 2.45) is 4.99 Å². The van der Waals surface area contributed by atoms with E-state index >= 15 is 0 Å². The molecule has 2 aromatic rings. The molecule has 2 rings (SSSR count). The number of nitrogens with zero attached hydrogens (tertiary/aromatic N) is 3. The second-order valence-electron chi connectivity index (χ2n) is 6.86. The van der Waals surface area contributed by atoms with E-state index in [0.29, 0.717) is 30.3 Å². The molecule has 0 aromatic heterocycles. The van der Waals surface area contributed by atoms with Crippen molar-refractivity contribution in [1.29, 1.82) is 0 Å². The molecule has 0 aliphatic carbocycles. The lowest BCUT2D eigenvalue weighted by Gasteiger charge is -2.15. The van der Waals surface area contributed by atoms with Gasteiger partial charge in [0.2, 0.25) is 0 Å². The summed E-state index contributed by atoms with van der Waals surface area (Å²) in [6.45, 7) is 1.02. The predicted octanol–water partition coefficient (Wildman–Crippen LogP) is 2.46. The number of halogens is 1. The zero-order valence-corrected chi connectivity index (χ0v) is 17.1. The van der Waals surface area contributed by atoms with Gasteiger partial charge in [0.15, 0.2) is 5.96 Å². The summed E-state index contributed by atoms with van der Waals surface area (Å²) >= 11 is 0. The second kappa shape index (κ2) is 9.73. The molecule has 7 heteroatoms. The Kier molecular flexibility index (Phi) is 7.37. The standard InChI is InChI=1S/C21H28FN5O/c1-23-21(25-14-16-8-11-19(26(2)3)18(22)12-16)24-13-15-6-9-17(10-7-15)20(28)27(4)5/h6-12H,13-14H2,1-5H3,(H2,23,24,25). The SMILES string of the molecule is CN=C(NCc1ccc(C(=O)N(C)C)cc1)NCc1ccc(N(C)C)c(F)c1. The van der Waals surface area contributed by atoms with Gasteiger partial charge in [0.05, 0.1) is 5.69 Å². The lowest BCUT2D eigenvalue weighted by atomic mass is 10.1. The van der Waals surface area contributed by atoms with Crippen LogP contribution in [0.5, 0.6) is 0 Å². The van der Waals surface area contributed by atoms with Gasteiger partial charge in [-0.15, -0.1) is 0 Å². The molecule has 6 nitrogen and oxygen atoms in total. The topological polar surface area (TPSA) is 60.0 Å². The third kappa shape index (κ3) is 5.70. The van der Waals surface area contributed by atoms with Crippen LogP contribution in [-0.2, 0) is 13.1 Å². The summed E-state index contributed by atoms with van der Waals surface area (Å²) in [4.78, 5) is 19.4. The highest BCUT2D eigenvalue weighted by molar-refractivity contribution is 5.93. The van der Waals surface area contributed by atoms with Gasteiger partial charge in [-0.2, -0.15) is 0 Å². The molecule has 1 amide bonds. The minimum absolute atomic E-state index is 0.0236. The van der Waals surface area contributed by atoms with Gasteiger partial charge in [0.25, 0.3) is 5.91 Å². The maximum absolute atomic E-state index is 14.1. The quantitative estimate of drug-likeness (QED) is 0.592. The van der Waals surface area contributed by atoms with Crippen LogP contribution in [-0.4, -0.2) is 52.0 Å². The monoisotopic (exact) mass is 385 g/mol. The van der Waals surface area contributed by atoms with Crippen LogP contribution in [0, 0.1) is 5.82 Å². The minimum Gasteiger partial charge on any atom is -0.375 e. The average molecular weight is 385 g/mol. The van der Waals surface area contributed by atoms with E-state index in [0.717, 1.165) is 11.1 Å². The first-order valence-electron chi connectivity index (χ1n) is 9.02. The third-order valence-electron chi connectivity index (χ3n) is 4.24. The first-order valence-corrected chi connectivity index (χ1v) is 9.02. The fourth-order valence-electron chi connectivity index (χ4n) is 2.64. The number of benzene rings is 2. The van der Waals surface area contributed by atoms with Gasteiger partial charge in [0, 0.05) is 53.9 Å². The van der Waals surface area contributed by atoms with Gasteiger partial charge in [-0.05, 0) is 35.4 Å². The van der Waals surface area contributed by atoms with E-state index in [2.05, 4.69) is 15.6 Å². The van der Waals surface area contributed by atoms with Gasteiger partial charge in [-0.25, -0.2) is 4.39 Å². The number of anilines is 1. The van der Waals surface area contributed by atoms with E-state index in [1.807, 2.05) is 44.4 Å². The summed E-state index contributed by atoms with van der Waals surface area (Å²) in [7, 11) is 8.76. The number of guanidine groups is 1. The summed E-state index contributed by atoms with van der Waals surface area (Å²) in [5.41, 5.74) is 3.07. The van der Waals surface area contributed by atoms with Crippen LogP contribution in [0.3, 0.4) is 0 Å². The molecule has 150 valence electrons. The molecule has 2 N–H and O–H groups in total. The van der Waals surface area contributed by atoms with Gasteiger partial charge in [0.1, 0.15) is 5.82 Å². The zero-order chi connectivity index (χ0) is 20.7. The van der Waals surface area contributed by atoms with Crippen molar-refractivity contribution in [3.8, 4) is 0 Å². The normalized spacial score (nSPS) is 11.1. The predicted molar refractivity (Wildman–Crippen MR) is 112 cm³/mol. The summed E-state index contributed by atoms with van der Waals surface area (Å²) < 4.78 is 14.1. The average Bonchev–Trinajstić information content (AvgIpc) is 2.67. The molecule has 0 aliphatic heterocycles. The highest BCUT2D eigenvalue weighted by atomic mass is 19.1. The van der Waals surface area contributed by atoms with Crippen LogP contribution in [0.2, 0.25) is 0 Å². The van der Waals surface area contributed by atoms with Crippen LogP contribution in [0.4, 0.5) is 10.1 Å². The number of amides is 1. The van der Waals surface area contributed by atoms with E-state index < -0.39 is 0 Å². The molecule has 28 heavy (non-hydrogen) atoms. The Labute approximate surface area is 166 Å². The number of carbonyl (C=O) groups is 1. The van der Waals surface area contributed by atoms with Crippen molar-refractivity contribution < 1.29 is 9.18 Å². The van der Waals surface area contributed by atoms with E-state index in [4.69, 9.17) is 0 Å². The lowest BCUT2D eigenvalue weighted by Crippen LogP contribution is -2.36. The largest absolute Gasteiger partial charge is 0.375 e. The summed E-state index contributed by atoms with van der Waals surface area (Å²) in [6, 6.07) is 12.6. The lowest BCUT2D eigenvalue weighted by molar-refractivity contribution is 0.0827. The molecule has 0 saturated heterocycles. The third-order valence-corrected chi connectivity index (χ3v) is 4.24. The van der Waals surface area contributed by atoms with Crippen molar-refractivity contribution >= 4 is 17.6 Å². The fourth-order valence-corrected chi connectivity index (χ4v) is 2.64. The molecule has 0 unspecified atom stereocenters. The van der Waals surface area contributed by atoms with Crippen LogP contribution in [0.15, 0.2) is 47.5 Å². The highest BCUT2D eigenvalue weighted by Gasteiger charge is 2.08. The van der Waals surface area contributed by atoms with E-state index in [-0.39, 0.29) is 11.7 Å². The molecule has 2 aromatic carbocycles. The highest BCUT2D eigenvalue weighted by Crippen LogP contribution is 2.18. The van der Waals surface area contributed by atoms with Crippen molar-refractivity contribution in [3.63, 3.8) is 0 Å². The van der Waals surface area contributed by atoms with Crippen molar-refractivity contribution in [2.75, 3.05) is 40.1 Å². The maximum atomic E-state index is 14.1. The van der Waals surface area contributed by atoms with Gasteiger partial charge in [-0.1, -0.05) is 18.2 Å². The van der Waals surface area contributed by atoms with Crippen molar-refractivity contribution in [2.45, 2.75) is 13.1 Å². The Balaban J connectivity index is 1.89. The van der Waals surface area contributed by atoms with Crippen LogP contribution in [0.25, 0.3) is 0 Å². The molecule has 0 radical (unpaired) electrons. The maximum Gasteiger partial charge on any atom is 0.253 e. The Morgan fingerprint density at radius 2 is 1.54 bits per heavy atom. The smallest absolute Gasteiger partial charge is 0.253 e. The summed E-state index contributed by atoms with van der Waals surface area (Å²) in [6.07, 6.45) is 0.